The van der Waals surface area contributed by atoms with E-state index in [9.17, 15) is 9.59 Å². The number of nitrogens with two attached hydrogens (primary N) is 1. The number of hydrogen-bond acceptors (Lipinski definition) is 6. The first-order valence-electron chi connectivity index (χ1n) is 15.0. The minimum atomic E-state index is -0.449. The van der Waals surface area contributed by atoms with Crippen molar-refractivity contribution in [2.75, 3.05) is 24.3 Å². The van der Waals surface area contributed by atoms with Crippen LogP contribution in [0.2, 0.25) is 0 Å². The van der Waals surface area contributed by atoms with Gasteiger partial charge >= 0.3 is 0 Å². The number of pyridine rings is 2. The highest BCUT2D eigenvalue weighted by Crippen LogP contribution is 2.30. The molecule has 9 heteroatoms. The van der Waals surface area contributed by atoms with E-state index in [4.69, 9.17) is 10.5 Å². The third-order valence-corrected chi connectivity index (χ3v) is 8.22. The Morgan fingerprint density at radius 3 is 2.32 bits per heavy atom. The largest absolute Gasteiger partial charge is 0.383 e. The van der Waals surface area contributed by atoms with Crippen molar-refractivity contribution in [1.82, 2.24) is 19.3 Å². The van der Waals surface area contributed by atoms with Crippen LogP contribution in [0.25, 0.3) is 33.4 Å². The van der Waals surface area contributed by atoms with Crippen molar-refractivity contribution in [2.45, 2.75) is 32.7 Å². The number of nitrogens with zero attached hydrogens (tertiary/aromatic N) is 4. The fraction of sp³-hybridized carbons (Fsp3) is 0.257. The van der Waals surface area contributed by atoms with Crippen LogP contribution in [0, 0.1) is 5.92 Å². The van der Waals surface area contributed by atoms with Gasteiger partial charge in [0.25, 0.3) is 5.91 Å². The maximum Gasteiger partial charge on any atom is 0.261 e. The zero-order valence-corrected chi connectivity index (χ0v) is 25.0. The molecule has 2 aromatic carbocycles. The minimum Gasteiger partial charge on any atom is -0.383 e. The van der Waals surface area contributed by atoms with Gasteiger partial charge in [-0.1, -0.05) is 43.3 Å². The van der Waals surface area contributed by atoms with E-state index in [-0.39, 0.29) is 11.0 Å². The summed E-state index contributed by atoms with van der Waals surface area (Å²) in [5.41, 5.74) is 12.6. The average molecular weight is 589 g/mol. The van der Waals surface area contributed by atoms with Crippen LogP contribution in [0.1, 0.15) is 35.7 Å². The maximum atomic E-state index is 13.7. The van der Waals surface area contributed by atoms with Crippen LogP contribution in [0.4, 0.5) is 11.5 Å². The van der Waals surface area contributed by atoms with Crippen LogP contribution in [0.3, 0.4) is 0 Å². The van der Waals surface area contributed by atoms with E-state index in [0.717, 1.165) is 60.3 Å². The Morgan fingerprint density at radius 1 is 0.932 bits per heavy atom. The van der Waals surface area contributed by atoms with Gasteiger partial charge in [-0.3, -0.25) is 14.3 Å². The number of nitrogens with one attached hydrogen (secondary N) is 1. The second-order valence-corrected chi connectivity index (χ2v) is 11.3. The first-order chi connectivity index (χ1) is 21.4. The molecule has 0 saturated carbocycles. The predicted molar refractivity (Wildman–Crippen MR) is 173 cm³/mol. The topological polar surface area (TPSA) is 117 Å². The molecule has 0 unspecified atom stereocenters. The fourth-order valence-electron chi connectivity index (χ4n) is 5.62. The Bertz CT molecular complexity index is 1830. The summed E-state index contributed by atoms with van der Waals surface area (Å²) in [5, 5.41) is 7.17. The number of aryl methyl sites for hydroxylation is 2. The summed E-state index contributed by atoms with van der Waals surface area (Å²) in [4.78, 5) is 31.7. The van der Waals surface area contributed by atoms with E-state index in [1.165, 1.54) is 5.56 Å². The van der Waals surface area contributed by atoms with E-state index in [2.05, 4.69) is 22.3 Å². The fourth-order valence-corrected chi connectivity index (χ4v) is 5.62. The highest BCUT2D eigenvalue weighted by Gasteiger charge is 2.20. The number of anilines is 2. The molecule has 0 spiro atoms. The smallest absolute Gasteiger partial charge is 0.261 e. The van der Waals surface area contributed by atoms with Gasteiger partial charge in [0.15, 0.2) is 0 Å². The van der Waals surface area contributed by atoms with Crippen molar-refractivity contribution < 1.29 is 9.53 Å². The zero-order chi connectivity index (χ0) is 30.6. The molecular formula is C35H36N6O3. The Balaban J connectivity index is 1.27. The summed E-state index contributed by atoms with van der Waals surface area (Å²) in [5.74, 6) is 0.377. The number of aromatic nitrogens is 4. The second kappa shape index (κ2) is 12.7. The number of benzene rings is 2. The molecule has 1 aliphatic heterocycles. The van der Waals surface area contributed by atoms with Crippen LogP contribution in [0.15, 0.2) is 90.4 Å². The van der Waals surface area contributed by atoms with Gasteiger partial charge in [0.2, 0.25) is 5.43 Å². The summed E-state index contributed by atoms with van der Waals surface area (Å²) in [7, 11) is 1.86. The second-order valence-electron chi connectivity index (χ2n) is 11.3. The summed E-state index contributed by atoms with van der Waals surface area (Å²) in [6.45, 7) is 4.27. The molecule has 44 heavy (non-hydrogen) atoms. The lowest BCUT2D eigenvalue weighted by atomic mass is 9.99. The van der Waals surface area contributed by atoms with Crippen molar-refractivity contribution in [3.63, 3.8) is 0 Å². The molecule has 9 nitrogen and oxygen atoms in total. The van der Waals surface area contributed by atoms with E-state index >= 15 is 0 Å². The first kappa shape index (κ1) is 29.1. The molecule has 1 fully saturated rings. The van der Waals surface area contributed by atoms with Crippen LogP contribution < -0.4 is 16.5 Å². The van der Waals surface area contributed by atoms with Crippen molar-refractivity contribution in [2.24, 2.45) is 13.0 Å². The lowest BCUT2D eigenvalue weighted by Gasteiger charge is -2.23. The highest BCUT2D eigenvalue weighted by molar-refractivity contribution is 6.04. The van der Waals surface area contributed by atoms with Crippen LogP contribution in [0.5, 0.6) is 0 Å². The SMILES string of the molecule is CCc1ccc(-c2cn(CC3CCOCC3)cc(C(=O)Nc3ccc(-c4cc(-c5cnn(C)c5)cnc4N)cc3)c2=O)cc1. The Hall–Kier alpha value is -5.02. The van der Waals surface area contributed by atoms with Crippen molar-refractivity contribution in [3.8, 4) is 33.4 Å². The molecule has 0 aliphatic carbocycles. The van der Waals surface area contributed by atoms with Gasteiger partial charge in [-0.05, 0) is 60.1 Å². The van der Waals surface area contributed by atoms with E-state index in [1.807, 2.05) is 66.5 Å². The normalized spacial score (nSPS) is 13.6. The number of hydrogen-bond donors (Lipinski definition) is 2. The van der Waals surface area contributed by atoms with Gasteiger partial charge < -0.3 is 20.4 Å². The number of carbonyl (C=O) groups is 1. The Morgan fingerprint density at radius 2 is 1.64 bits per heavy atom. The summed E-state index contributed by atoms with van der Waals surface area (Å²) >= 11 is 0. The molecule has 0 radical (unpaired) electrons. The number of ether oxygens (including phenoxy) is 1. The van der Waals surface area contributed by atoms with Crippen LogP contribution in [-0.4, -0.2) is 38.5 Å². The third kappa shape index (κ3) is 6.33. The molecular weight excluding hydrogens is 552 g/mol. The number of rotatable bonds is 8. The van der Waals surface area contributed by atoms with Gasteiger partial charge in [-0.2, -0.15) is 5.10 Å². The maximum absolute atomic E-state index is 13.7. The van der Waals surface area contributed by atoms with Crippen molar-refractivity contribution >= 4 is 17.4 Å². The van der Waals surface area contributed by atoms with Gasteiger partial charge in [0.1, 0.15) is 11.4 Å². The van der Waals surface area contributed by atoms with Gasteiger partial charge in [0.05, 0.1) is 6.20 Å². The quantitative estimate of drug-likeness (QED) is 0.237. The molecule has 3 N–H and O–H groups in total. The first-order valence-corrected chi connectivity index (χ1v) is 15.0. The number of nitrogen functional groups attached to an aromatic ring is 1. The van der Waals surface area contributed by atoms with Crippen LogP contribution in [-0.2, 0) is 24.8 Å². The van der Waals surface area contributed by atoms with Crippen LogP contribution >= 0.6 is 0 Å². The molecule has 4 heterocycles. The Kier molecular flexibility index (Phi) is 8.38. The molecule has 0 bridgehead atoms. The summed E-state index contributed by atoms with van der Waals surface area (Å²) < 4.78 is 9.26. The lowest BCUT2D eigenvalue weighted by molar-refractivity contribution is 0.0612. The average Bonchev–Trinajstić information content (AvgIpc) is 3.49. The molecule has 1 aliphatic rings. The van der Waals surface area contributed by atoms with Crippen molar-refractivity contribution in [1.29, 1.82) is 0 Å². The standard InChI is InChI=1S/C35H36N6O3/c1-3-23-4-6-26(7-5-23)31-21-41(19-24-12-14-44-15-13-24)22-32(33(31)42)35(43)39-29-10-8-25(9-11-29)30-16-27(17-37-34(30)36)28-18-38-40(2)20-28/h4-11,16-18,20-22,24H,3,12-15,19H2,1-2H3,(H2,36,37)(H,39,43). The van der Waals surface area contributed by atoms with Gasteiger partial charge in [-0.15, -0.1) is 0 Å². The summed E-state index contributed by atoms with van der Waals surface area (Å²) in [6.07, 6.45) is 11.8. The molecule has 0 atom stereocenters. The molecule has 5 aromatic rings. The molecule has 3 aromatic heterocycles. The van der Waals surface area contributed by atoms with E-state index in [0.29, 0.717) is 29.5 Å². The molecule has 6 rings (SSSR count). The van der Waals surface area contributed by atoms with Gasteiger partial charge in [0, 0.05) is 79.5 Å². The van der Waals surface area contributed by atoms with E-state index < -0.39 is 5.91 Å². The Labute approximate surface area is 256 Å². The minimum absolute atomic E-state index is 0.107. The summed E-state index contributed by atoms with van der Waals surface area (Å²) in [6, 6.07) is 17.3. The monoisotopic (exact) mass is 588 g/mol. The lowest BCUT2D eigenvalue weighted by Crippen LogP contribution is -2.26. The number of amides is 1. The number of carbonyl (C=O) groups excluding carboxylic acids is 1. The molecule has 224 valence electrons. The molecule has 1 saturated heterocycles. The van der Waals surface area contributed by atoms with Gasteiger partial charge in [-0.25, -0.2) is 4.98 Å². The van der Waals surface area contributed by atoms with Crippen molar-refractivity contribution in [3.05, 3.63) is 107 Å². The molecule has 1 amide bonds. The predicted octanol–water partition coefficient (Wildman–Crippen LogP) is 5.80. The zero-order valence-electron chi connectivity index (χ0n) is 25.0. The third-order valence-electron chi connectivity index (χ3n) is 8.22. The highest BCUT2D eigenvalue weighted by atomic mass is 16.5. The van der Waals surface area contributed by atoms with E-state index in [1.54, 1.807) is 35.4 Å².